The lowest BCUT2D eigenvalue weighted by Gasteiger charge is -2.14. The summed E-state index contributed by atoms with van der Waals surface area (Å²) in [4.78, 5) is 0. The zero-order valence-corrected chi connectivity index (χ0v) is 8.59. The molecule has 0 saturated heterocycles. The first-order chi connectivity index (χ1) is 5.70. The maximum atomic E-state index is 5.49. The largest absolute Gasteiger partial charge is 0.382 e. The van der Waals surface area contributed by atoms with Crippen LogP contribution >= 0.6 is 0 Å². The maximum absolute atomic E-state index is 5.49. The molecule has 74 valence electrons. The molecule has 0 aromatic carbocycles. The van der Waals surface area contributed by atoms with Crippen molar-refractivity contribution in [3.05, 3.63) is 0 Å². The normalized spacial score (nSPS) is 16.0. The third kappa shape index (κ3) is 6.58. The number of ether oxygens (including phenoxy) is 2. The number of hydrogen-bond acceptors (Lipinski definition) is 3. The highest BCUT2D eigenvalue weighted by Gasteiger charge is 2.02. The van der Waals surface area contributed by atoms with Crippen molar-refractivity contribution >= 4 is 0 Å². The van der Waals surface area contributed by atoms with Gasteiger partial charge in [0.25, 0.3) is 0 Å². The van der Waals surface area contributed by atoms with Gasteiger partial charge in [0.2, 0.25) is 0 Å². The molecule has 0 aromatic rings. The van der Waals surface area contributed by atoms with Crippen LogP contribution in [0.25, 0.3) is 0 Å². The van der Waals surface area contributed by atoms with Crippen LogP contribution in [0.1, 0.15) is 20.3 Å². The first-order valence-corrected chi connectivity index (χ1v) is 4.48. The zero-order chi connectivity index (χ0) is 9.40. The van der Waals surface area contributed by atoms with Gasteiger partial charge in [-0.05, 0) is 27.3 Å². The molecule has 0 heterocycles. The summed E-state index contributed by atoms with van der Waals surface area (Å²) in [5, 5.41) is 3.16. The smallest absolute Gasteiger partial charge is 0.0780 e. The summed E-state index contributed by atoms with van der Waals surface area (Å²) < 4.78 is 10.4. The van der Waals surface area contributed by atoms with Gasteiger partial charge in [-0.3, -0.25) is 0 Å². The fourth-order valence-corrected chi connectivity index (χ4v) is 0.873. The molecule has 0 rings (SSSR count). The average molecular weight is 175 g/mol. The van der Waals surface area contributed by atoms with Gasteiger partial charge in [0.1, 0.15) is 0 Å². The summed E-state index contributed by atoms with van der Waals surface area (Å²) in [5.74, 6) is 0. The van der Waals surface area contributed by atoms with E-state index in [-0.39, 0.29) is 6.10 Å². The van der Waals surface area contributed by atoms with Gasteiger partial charge >= 0.3 is 0 Å². The Labute approximate surface area is 75.4 Å². The van der Waals surface area contributed by atoms with Crippen molar-refractivity contribution in [2.24, 2.45) is 0 Å². The van der Waals surface area contributed by atoms with Gasteiger partial charge < -0.3 is 14.8 Å². The molecule has 0 fully saturated rings. The topological polar surface area (TPSA) is 30.5 Å². The van der Waals surface area contributed by atoms with Crippen LogP contribution in [0, 0.1) is 0 Å². The van der Waals surface area contributed by atoms with Crippen LogP contribution in [0.15, 0.2) is 0 Å². The van der Waals surface area contributed by atoms with Crippen LogP contribution in [-0.4, -0.2) is 39.5 Å². The minimum Gasteiger partial charge on any atom is -0.382 e. The van der Waals surface area contributed by atoms with Crippen molar-refractivity contribution in [3.63, 3.8) is 0 Å². The molecule has 3 heteroatoms. The number of methoxy groups -OCH3 is 1. The van der Waals surface area contributed by atoms with Gasteiger partial charge in [0, 0.05) is 19.8 Å². The summed E-state index contributed by atoms with van der Waals surface area (Å²) in [5.41, 5.74) is 0. The standard InChI is InChI=1S/C9H21NO2/c1-8(10-3)5-6-12-9(2)7-11-4/h8-10H,5-7H2,1-4H3. The number of rotatable bonds is 7. The van der Waals surface area contributed by atoms with Crippen LogP contribution in [-0.2, 0) is 9.47 Å². The lowest BCUT2D eigenvalue weighted by Crippen LogP contribution is -2.24. The van der Waals surface area contributed by atoms with Crippen molar-refractivity contribution in [1.29, 1.82) is 0 Å². The van der Waals surface area contributed by atoms with Crippen molar-refractivity contribution in [2.75, 3.05) is 27.4 Å². The number of hydrogen-bond donors (Lipinski definition) is 1. The van der Waals surface area contributed by atoms with Gasteiger partial charge in [-0.2, -0.15) is 0 Å². The van der Waals surface area contributed by atoms with E-state index in [2.05, 4.69) is 12.2 Å². The van der Waals surface area contributed by atoms with Crippen LogP contribution in [0.5, 0.6) is 0 Å². The maximum Gasteiger partial charge on any atom is 0.0780 e. The SMILES string of the molecule is CNC(C)CCOC(C)COC. The van der Waals surface area contributed by atoms with Gasteiger partial charge in [0.15, 0.2) is 0 Å². The molecular formula is C9H21NO2. The molecule has 0 radical (unpaired) electrons. The number of nitrogens with one attached hydrogen (secondary N) is 1. The highest BCUT2D eigenvalue weighted by Crippen LogP contribution is 1.95. The fraction of sp³-hybridized carbons (Fsp3) is 1.00. The summed E-state index contributed by atoms with van der Waals surface area (Å²) in [6.07, 6.45) is 1.25. The monoisotopic (exact) mass is 175 g/mol. The Morgan fingerprint density at radius 3 is 2.50 bits per heavy atom. The molecule has 0 bridgehead atoms. The molecule has 0 saturated carbocycles. The Kier molecular flexibility index (Phi) is 7.45. The van der Waals surface area contributed by atoms with E-state index < -0.39 is 0 Å². The molecule has 2 unspecified atom stereocenters. The Hall–Kier alpha value is -0.120. The third-order valence-electron chi connectivity index (χ3n) is 1.85. The van der Waals surface area contributed by atoms with Crippen molar-refractivity contribution in [3.8, 4) is 0 Å². The van der Waals surface area contributed by atoms with E-state index in [9.17, 15) is 0 Å². The summed E-state index contributed by atoms with van der Waals surface area (Å²) in [6, 6.07) is 0.528. The molecule has 1 N–H and O–H groups in total. The van der Waals surface area contributed by atoms with Crippen LogP contribution in [0.3, 0.4) is 0 Å². The second-order valence-electron chi connectivity index (χ2n) is 3.12. The highest BCUT2D eigenvalue weighted by molar-refractivity contribution is 4.56. The molecule has 0 amide bonds. The Morgan fingerprint density at radius 1 is 1.33 bits per heavy atom. The van der Waals surface area contributed by atoms with E-state index in [1.54, 1.807) is 7.11 Å². The van der Waals surface area contributed by atoms with Crippen molar-refractivity contribution in [1.82, 2.24) is 5.32 Å². The van der Waals surface area contributed by atoms with E-state index in [4.69, 9.17) is 9.47 Å². The zero-order valence-electron chi connectivity index (χ0n) is 8.59. The molecule has 0 aromatic heterocycles. The lowest BCUT2D eigenvalue weighted by molar-refractivity contribution is 0.00629. The summed E-state index contributed by atoms with van der Waals surface area (Å²) in [7, 11) is 3.65. The minimum atomic E-state index is 0.207. The van der Waals surface area contributed by atoms with E-state index in [0.29, 0.717) is 12.6 Å². The first kappa shape index (κ1) is 11.9. The molecule has 12 heavy (non-hydrogen) atoms. The molecular weight excluding hydrogens is 154 g/mol. The molecule has 0 aliphatic carbocycles. The van der Waals surface area contributed by atoms with Gasteiger partial charge in [0.05, 0.1) is 12.7 Å². The third-order valence-corrected chi connectivity index (χ3v) is 1.85. The Morgan fingerprint density at radius 2 is 2.00 bits per heavy atom. The predicted molar refractivity (Wildman–Crippen MR) is 50.4 cm³/mol. The second kappa shape index (κ2) is 7.53. The van der Waals surface area contributed by atoms with Crippen LogP contribution in [0.4, 0.5) is 0 Å². The molecule has 0 spiro atoms. The minimum absolute atomic E-state index is 0.207. The van der Waals surface area contributed by atoms with E-state index >= 15 is 0 Å². The van der Waals surface area contributed by atoms with Gasteiger partial charge in [-0.15, -0.1) is 0 Å². The molecule has 0 aliphatic heterocycles. The Balaban J connectivity index is 3.18. The first-order valence-electron chi connectivity index (χ1n) is 4.48. The predicted octanol–water partition coefficient (Wildman–Crippen LogP) is 1.04. The Bertz CT molecular complexity index is 98.5. The van der Waals surface area contributed by atoms with Gasteiger partial charge in [-0.1, -0.05) is 0 Å². The average Bonchev–Trinajstić information content (AvgIpc) is 2.04. The summed E-state index contributed by atoms with van der Waals surface area (Å²) >= 11 is 0. The second-order valence-corrected chi connectivity index (χ2v) is 3.12. The molecule has 0 aliphatic rings. The lowest BCUT2D eigenvalue weighted by atomic mass is 10.2. The molecule has 3 nitrogen and oxygen atoms in total. The van der Waals surface area contributed by atoms with E-state index in [1.165, 1.54) is 0 Å². The fourth-order valence-electron chi connectivity index (χ4n) is 0.873. The highest BCUT2D eigenvalue weighted by atomic mass is 16.5. The quantitative estimate of drug-likeness (QED) is 0.627. The van der Waals surface area contributed by atoms with E-state index in [1.807, 2.05) is 14.0 Å². The van der Waals surface area contributed by atoms with Crippen molar-refractivity contribution in [2.45, 2.75) is 32.4 Å². The summed E-state index contributed by atoms with van der Waals surface area (Å²) in [6.45, 7) is 5.64. The van der Waals surface area contributed by atoms with Gasteiger partial charge in [-0.25, -0.2) is 0 Å². The van der Waals surface area contributed by atoms with Crippen LogP contribution in [0.2, 0.25) is 0 Å². The molecule has 2 atom stereocenters. The van der Waals surface area contributed by atoms with Crippen LogP contribution < -0.4 is 5.32 Å². The van der Waals surface area contributed by atoms with E-state index in [0.717, 1.165) is 13.0 Å². The van der Waals surface area contributed by atoms with Crippen molar-refractivity contribution < 1.29 is 9.47 Å².